The molecule has 5 nitrogen and oxygen atoms in total. The van der Waals surface area contributed by atoms with Crippen molar-refractivity contribution >= 4 is 22.9 Å². The normalized spacial score (nSPS) is 16.4. The van der Waals surface area contributed by atoms with Crippen molar-refractivity contribution in [3.05, 3.63) is 29.8 Å². The first kappa shape index (κ1) is 29.0. The molecule has 0 aromatic heterocycles. The Balaban J connectivity index is 3.15. The average molecular weight is 483 g/mol. The smallest absolute Gasteiger partial charge is 0.193 e. The predicted molar refractivity (Wildman–Crippen MR) is 137 cm³/mol. The van der Waals surface area contributed by atoms with E-state index in [9.17, 15) is 4.79 Å². The highest BCUT2D eigenvalue weighted by Crippen LogP contribution is 2.40. The van der Waals surface area contributed by atoms with Gasteiger partial charge in [0.1, 0.15) is 24.2 Å². The molecule has 0 radical (unpaired) electrons. The summed E-state index contributed by atoms with van der Waals surface area (Å²) in [4.78, 5) is 12.3. The highest BCUT2D eigenvalue weighted by molar-refractivity contribution is 6.74. The molecule has 7 heteroatoms. The van der Waals surface area contributed by atoms with Gasteiger partial charge in [0, 0.05) is 0 Å². The molecule has 0 saturated carbocycles. The maximum atomic E-state index is 12.3. The van der Waals surface area contributed by atoms with Gasteiger partial charge in [-0.25, -0.2) is 0 Å². The number of ether oxygens (including phenoxy) is 2. The zero-order chi connectivity index (χ0) is 25.0. The minimum Gasteiger partial charge on any atom is -0.497 e. The molecule has 0 unspecified atom stereocenters. The van der Waals surface area contributed by atoms with Gasteiger partial charge in [0.25, 0.3) is 0 Å². The van der Waals surface area contributed by atoms with E-state index in [-0.39, 0.29) is 16.2 Å². The molecule has 0 aliphatic rings. The van der Waals surface area contributed by atoms with Gasteiger partial charge in [-0.15, -0.1) is 0 Å². The zero-order valence-corrected chi connectivity index (χ0v) is 24.4. The molecular formula is C25H46O5Si2. The predicted octanol–water partition coefficient (Wildman–Crippen LogP) is 6.58. The minimum absolute atomic E-state index is 0.00532. The van der Waals surface area contributed by atoms with Crippen LogP contribution in [0.4, 0.5) is 0 Å². The van der Waals surface area contributed by atoms with Gasteiger partial charge in [0.2, 0.25) is 0 Å². The number of hydrogen-bond acceptors (Lipinski definition) is 5. The Hall–Kier alpha value is -0.996. The van der Waals surface area contributed by atoms with Gasteiger partial charge >= 0.3 is 0 Å². The van der Waals surface area contributed by atoms with E-state index >= 15 is 0 Å². The standard InChI is InChI=1S/C25H46O5Si2/c1-19(28-18-20-13-15-21(27-8)16-14-20)23(30-32(11,12)25(5,6)7)22(17-26)29-31(9,10)24(2,3)4/h13-17,19,22-23H,18H2,1-12H3/t19-,22+,23-/m0/s1. The van der Waals surface area contributed by atoms with Crippen LogP contribution in [-0.2, 0) is 25.0 Å². The first-order valence-electron chi connectivity index (χ1n) is 11.5. The third-order valence-corrected chi connectivity index (χ3v) is 16.0. The van der Waals surface area contributed by atoms with E-state index in [2.05, 4.69) is 67.7 Å². The summed E-state index contributed by atoms with van der Waals surface area (Å²) < 4.78 is 24.8. The monoisotopic (exact) mass is 482 g/mol. The van der Waals surface area contributed by atoms with Gasteiger partial charge in [0.05, 0.1) is 19.8 Å². The van der Waals surface area contributed by atoms with Crippen LogP contribution in [0.1, 0.15) is 54.0 Å². The second-order valence-electron chi connectivity index (χ2n) is 11.7. The molecule has 0 bridgehead atoms. The van der Waals surface area contributed by atoms with E-state index < -0.39 is 28.8 Å². The van der Waals surface area contributed by atoms with Gasteiger partial charge in [-0.05, 0) is 60.9 Å². The molecule has 0 N–H and O–H groups in total. The van der Waals surface area contributed by atoms with Crippen LogP contribution in [0.5, 0.6) is 5.75 Å². The lowest BCUT2D eigenvalue weighted by Crippen LogP contribution is -2.55. The number of carbonyl (C=O) groups is 1. The molecule has 0 spiro atoms. The third kappa shape index (κ3) is 7.80. The largest absolute Gasteiger partial charge is 0.497 e. The van der Waals surface area contributed by atoms with Crippen LogP contribution in [-0.4, -0.2) is 48.3 Å². The van der Waals surface area contributed by atoms with Crippen molar-refractivity contribution in [3.8, 4) is 5.75 Å². The summed E-state index contributed by atoms with van der Waals surface area (Å²) in [5, 5.41) is -0.00562. The molecule has 0 aliphatic heterocycles. The van der Waals surface area contributed by atoms with E-state index in [4.69, 9.17) is 18.3 Å². The summed E-state index contributed by atoms with van der Waals surface area (Å²) in [6.07, 6.45) is -0.547. The fourth-order valence-corrected chi connectivity index (χ4v) is 5.26. The molecule has 0 heterocycles. The van der Waals surface area contributed by atoms with Crippen molar-refractivity contribution in [3.63, 3.8) is 0 Å². The Morgan fingerprint density at radius 3 is 1.75 bits per heavy atom. The van der Waals surface area contributed by atoms with Crippen LogP contribution < -0.4 is 4.74 Å². The lowest BCUT2D eigenvalue weighted by Gasteiger charge is -2.45. The molecule has 1 aromatic carbocycles. The van der Waals surface area contributed by atoms with Crippen LogP contribution in [0.3, 0.4) is 0 Å². The Morgan fingerprint density at radius 2 is 1.34 bits per heavy atom. The fourth-order valence-electron chi connectivity index (χ4n) is 2.68. The lowest BCUT2D eigenvalue weighted by molar-refractivity contribution is -0.126. The van der Waals surface area contributed by atoms with E-state index in [1.807, 2.05) is 31.2 Å². The van der Waals surface area contributed by atoms with E-state index in [1.54, 1.807) is 7.11 Å². The summed E-state index contributed by atoms with van der Waals surface area (Å²) in [7, 11) is -2.70. The Morgan fingerprint density at radius 1 is 0.875 bits per heavy atom. The molecule has 32 heavy (non-hydrogen) atoms. The molecular weight excluding hydrogens is 436 g/mol. The van der Waals surface area contributed by atoms with Gasteiger partial charge in [0.15, 0.2) is 16.6 Å². The molecule has 3 atom stereocenters. The maximum Gasteiger partial charge on any atom is 0.193 e. The minimum atomic E-state index is -2.18. The van der Waals surface area contributed by atoms with Crippen molar-refractivity contribution < 1.29 is 23.1 Å². The lowest BCUT2D eigenvalue weighted by atomic mass is 10.1. The van der Waals surface area contributed by atoms with Gasteiger partial charge in [-0.3, -0.25) is 0 Å². The summed E-state index contributed by atoms with van der Waals surface area (Å²) in [5.74, 6) is 0.810. The highest BCUT2D eigenvalue weighted by Gasteiger charge is 2.46. The van der Waals surface area contributed by atoms with Crippen molar-refractivity contribution in [2.75, 3.05) is 7.11 Å². The topological polar surface area (TPSA) is 54.0 Å². The Kier molecular flexibility index (Phi) is 9.94. The first-order valence-corrected chi connectivity index (χ1v) is 17.3. The average Bonchev–Trinajstić information content (AvgIpc) is 2.67. The van der Waals surface area contributed by atoms with Crippen LogP contribution in [0.2, 0.25) is 36.3 Å². The maximum absolute atomic E-state index is 12.3. The third-order valence-electron chi connectivity index (χ3n) is 7.07. The van der Waals surface area contributed by atoms with Gasteiger partial charge < -0.3 is 23.1 Å². The second-order valence-corrected chi connectivity index (χ2v) is 21.2. The summed E-state index contributed by atoms with van der Waals surface area (Å²) in [6, 6.07) is 7.81. The molecule has 1 rings (SSSR count). The number of carbonyl (C=O) groups excluding carboxylic acids is 1. The number of methoxy groups -OCH3 is 1. The van der Waals surface area contributed by atoms with Crippen LogP contribution in [0.25, 0.3) is 0 Å². The first-order chi connectivity index (χ1) is 14.4. The van der Waals surface area contributed by atoms with E-state index in [0.717, 1.165) is 17.6 Å². The van der Waals surface area contributed by atoms with E-state index in [0.29, 0.717) is 6.61 Å². The number of aldehydes is 1. The number of rotatable bonds is 11. The summed E-state index contributed by atoms with van der Waals surface area (Å²) in [6.45, 7) is 24.2. The van der Waals surface area contributed by atoms with Gasteiger partial charge in [-0.2, -0.15) is 0 Å². The molecule has 0 amide bonds. The second kappa shape index (κ2) is 11.0. The van der Waals surface area contributed by atoms with Crippen molar-refractivity contribution in [2.45, 2.75) is 110 Å². The summed E-state index contributed by atoms with van der Waals surface area (Å²) in [5.41, 5.74) is 1.04. The SMILES string of the molecule is COc1ccc(CO[C@@H](C)[C@H](O[Si](C)(C)C(C)(C)C)[C@@H](C=O)O[Si](C)(C)C(C)(C)C)cc1. The Bertz CT molecular complexity index is 717. The summed E-state index contributed by atoms with van der Waals surface area (Å²) >= 11 is 0. The van der Waals surface area contributed by atoms with Crippen LogP contribution in [0, 0.1) is 0 Å². The van der Waals surface area contributed by atoms with Crippen molar-refractivity contribution in [1.29, 1.82) is 0 Å². The molecule has 184 valence electrons. The van der Waals surface area contributed by atoms with Gasteiger partial charge in [-0.1, -0.05) is 53.7 Å². The number of benzene rings is 1. The van der Waals surface area contributed by atoms with Crippen molar-refractivity contribution in [1.82, 2.24) is 0 Å². The molecule has 0 fully saturated rings. The molecule has 1 aromatic rings. The van der Waals surface area contributed by atoms with Crippen LogP contribution >= 0.6 is 0 Å². The van der Waals surface area contributed by atoms with Crippen LogP contribution in [0.15, 0.2) is 24.3 Å². The Labute approximate surface area is 198 Å². The fraction of sp³-hybridized carbons (Fsp3) is 0.720. The van der Waals surface area contributed by atoms with E-state index in [1.165, 1.54) is 0 Å². The number of hydrogen-bond donors (Lipinski definition) is 0. The van der Waals surface area contributed by atoms with Crippen molar-refractivity contribution in [2.24, 2.45) is 0 Å². The zero-order valence-electron chi connectivity index (χ0n) is 22.4. The molecule has 0 aliphatic carbocycles. The molecule has 0 saturated heterocycles. The highest BCUT2D eigenvalue weighted by atomic mass is 28.4. The quantitative estimate of drug-likeness (QED) is 0.263.